The van der Waals surface area contributed by atoms with E-state index in [1.54, 1.807) is 12.3 Å². The van der Waals surface area contributed by atoms with E-state index in [1.165, 1.54) is 6.20 Å². The topological polar surface area (TPSA) is 79.1 Å². The van der Waals surface area contributed by atoms with Crippen LogP contribution >= 0.6 is 23.2 Å². The second kappa shape index (κ2) is 8.25. The van der Waals surface area contributed by atoms with E-state index in [2.05, 4.69) is 25.3 Å². The molecule has 1 unspecified atom stereocenters. The number of rotatable bonds is 6. The molecule has 0 bridgehead atoms. The summed E-state index contributed by atoms with van der Waals surface area (Å²) in [6.07, 6.45) is 1.32. The van der Waals surface area contributed by atoms with Gasteiger partial charge in [0.1, 0.15) is 6.54 Å². The Morgan fingerprint density at radius 2 is 2.10 bits per heavy atom. The summed E-state index contributed by atoms with van der Waals surface area (Å²) in [5.74, 6) is 0.496. The molecule has 0 saturated carbocycles. The van der Waals surface area contributed by atoms with Crippen LogP contribution in [0.25, 0.3) is 10.9 Å². The van der Waals surface area contributed by atoms with Crippen LogP contribution in [0.2, 0.25) is 10.2 Å². The molecule has 3 heterocycles. The molecule has 0 aliphatic carbocycles. The van der Waals surface area contributed by atoms with Crippen molar-refractivity contribution in [1.29, 1.82) is 0 Å². The first kappa shape index (κ1) is 20.1. The first-order valence-corrected chi connectivity index (χ1v) is 9.78. The summed E-state index contributed by atoms with van der Waals surface area (Å²) >= 11 is 12.5. The van der Waals surface area contributed by atoms with Crippen LogP contribution in [0.5, 0.6) is 0 Å². The molecule has 7 nitrogen and oxygen atoms in total. The van der Waals surface area contributed by atoms with Crippen molar-refractivity contribution < 1.29 is 13.9 Å². The number of aliphatic hydroxyl groups is 1. The molecule has 29 heavy (non-hydrogen) atoms. The third-order valence-electron chi connectivity index (χ3n) is 4.87. The normalized spacial score (nSPS) is 16.9. The third kappa shape index (κ3) is 4.22. The Balaban J connectivity index is 1.60. The minimum absolute atomic E-state index is 0.0536. The minimum atomic E-state index is -2.56. The smallest absolute Gasteiger partial charge is 0.257 e. The number of anilines is 3. The molecule has 3 aromatic rings. The van der Waals surface area contributed by atoms with E-state index in [0.717, 1.165) is 35.3 Å². The molecule has 0 radical (unpaired) electrons. The van der Waals surface area contributed by atoms with E-state index < -0.39 is 13.0 Å². The maximum absolute atomic E-state index is 12.6. The van der Waals surface area contributed by atoms with Crippen LogP contribution in [-0.2, 0) is 6.54 Å². The summed E-state index contributed by atoms with van der Waals surface area (Å²) in [6, 6.07) is 3.68. The third-order valence-corrected chi connectivity index (χ3v) is 5.57. The van der Waals surface area contributed by atoms with Gasteiger partial charge in [0.2, 0.25) is 5.95 Å². The number of nitrogens with zero attached hydrogens (tertiary/aromatic N) is 5. The number of hydrogen-bond acceptors (Lipinski definition) is 6. The van der Waals surface area contributed by atoms with Gasteiger partial charge in [-0.2, -0.15) is 5.10 Å². The van der Waals surface area contributed by atoms with Crippen LogP contribution in [0.4, 0.5) is 26.1 Å². The Morgan fingerprint density at radius 1 is 1.28 bits per heavy atom. The SMILES string of the molecule is OCC1CCN(c2cc3nc(Nc4cnn(CC(F)F)c4Cl)ncc3cc2Cl)C1. The van der Waals surface area contributed by atoms with Crippen molar-refractivity contribution in [2.24, 2.45) is 5.92 Å². The number of alkyl halides is 2. The van der Waals surface area contributed by atoms with Crippen molar-refractivity contribution in [2.45, 2.75) is 19.4 Å². The van der Waals surface area contributed by atoms with Gasteiger partial charge in [0, 0.05) is 37.2 Å². The molecule has 1 fully saturated rings. The summed E-state index contributed by atoms with van der Waals surface area (Å²) in [7, 11) is 0. The lowest BCUT2D eigenvalue weighted by molar-refractivity contribution is 0.122. The number of nitrogens with one attached hydrogen (secondary N) is 1. The highest BCUT2D eigenvalue weighted by molar-refractivity contribution is 6.34. The van der Waals surface area contributed by atoms with E-state index in [9.17, 15) is 13.9 Å². The van der Waals surface area contributed by atoms with Gasteiger partial charge < -0.3 is 15.3 Å². The average Bonchev–Trinajstić information content (AvgIpc) is 3.29. The molecule has 0 spiro atoms. The van der Waals surface area contributed by atoms with Crippen LogP contribution in [0, 0.1) is 5.92 Å². The van der Waals surface area contributed by atoms with Gasteiger partial charge in [0.15, 0.2) is 5.15 Å². The zero-order chi connectivity index (χ0) is 20.5. The Labute approximate surface area is 175 Å². The number of benzene rings is 1. The van der Waals surface area contributed by atoms with Gasteiger partial charge in [-0.25, -0.2) is 23.4 Å². The number of aliphatic hydroxyl groups excluding tert-OH is 1. The van der Waals surface area contributed by atoms with Crippen LogP contribution < -0.4 is 10.2 Å². The summed E-state index contributed by atoms with van der Waals surface area (Å²) in [6.45, 7) is 1.10. The Morgan fingerprint density at radius 3 is 2.83 bits per heavy atom. The molecule has 2 aromatic heterocycles. The predicted octanol–water partition coefficient (Wildman–Crippen LogP) is 3.96. The lowest BCUT2D eigenvalue weighted by Crippen LogP contribution is -2.21. The van der Waals surface area contributed by atoms with Crippen molar-refractivity contribution in [3.05, 3.63) is 34.7 Å². The Hall–Kier alpha value is -2.23. The van der Waals surface area contributed by atoms with Crippen LogP contribution in [0.15, 0.2) is 24.5 Å². The van der Waals surface area contributed by atoms with Crippen LogP contribution in [0.1, 0.15) is 6.42 Å². The largest absolute Gasteiger partial charge is 0.396 e. The van der Waals surface area contributed by atoms with E-state index in [0.29, 0.717) is 16.2 Å². The molecule has 1 aromatic carbocycles. The lowest BCUT2D eigenvalue weighted by atomic mass is 10.1. The van der Waals surface area contributed by atoms with E-state index in [4.69, 9.17) is 23.2 Å². The predicted molar refractivity (Wildman–Crippen MR) is 108 cm³/mol. The maximum atomic E-state index is 12.6. The van der Waals surface area contributed by atoms with E-state index >= 15 is 0 Å². The maximum Gasteiger partial charge on any atom is 0.257 e. The van der Waals surface area contributed by atoms with Gasteiger partial charge >= 0.3 is 0 Å². The molecular weight excluding hydrogens is 425 g/mol. The monoisotopic (exact) mass is 442 g/mol. The zero-order valence-electron chi connectivity index (χ0n) is 15.2. The number of aromatic nitrogens is 4. The number of hydrogen-bond donors (Lipinski definition) is 2. The van der Waals surface area contributed by atoms with E-state index in [-0.39, 0.29) is 23.6 Å². The fourth-order valence-corrected chi connectivity index (χ4v) is 3.88. The summed E-state index contributed by atoms with van der Waals surface area (Å²) in [4.78, 5) is 10.9. The molecule has 1 aliphatic rings. The van der Waals surface area contributed by atoms with Crippen molar-refractivity contribution in [1.82, 2.24) is 19.7 Å². The Bertz CT molecular complexity index is 1030. The molecule has 1 atom stereocenters. The summed E-state index contributed by atoms with van der Waals surface area (Å²) in [5, 5.41) is 17.6. The van der Waals surface area contributed by atoms with Gasteiger partial charge in [-0.05, 0) is 18.6 Å². The number of fused-ring (bicyclic) bond motifs is 1. The fourth-order valence-electron chi connectivity index (χ4n) is 3.38. The molecule has 0 amide bonds. The molecule has 154 valence electrons. The standard InChI is InChI=1S/C18H18Cl2F2N6O/c19-12-3-11-5-23-18(26-14-6-24-28(17(14)20)8-16(21)22)25-13(11)4-15(12)27-2-1-10(7-27)9-29/h3-6,10,16,29H,1-2,7-9H2,(H,23,25,26). The van der Waals surface area contributed by atoms with Gasteiger partial charge in [0.25, 0.3) is 6.43 Å². The second-order valence-electron chi connectivity index (χ2n) is 6.89. The first-order chi connectivity index (χ1) is 13.9. The second-order valence-corrected chi connectivity index (χ2v) is 7.65. The van der Waals surface area contributed by atoms with Crippen LogP contribution in [0.3, 0.4) is 0 Å². The molecule has 1 saturated heterocycles. The van der Waals surface area contributed by atoms with Crippen molar-refractivity contribution in [3.8, 4) is 0 Å². The van der Waals surface area contributed by atoms with Crippen molar-refractivity contribution >= 4 is 51.4 Å². The van der Waals surface area contributed by atoms with Gasteiger partial charge in [-0.3, -0.25) is 0 Å². The highest BCUT2D eigenvalue weighted by Crippen LogP contribution is 2.34. The van der Waals surface area contributed by atoms with Gasteiger partial charge in [-0.1, -0.05) is 23.2 Å². The zero-order valence-corrected chi connectivity index (χ0v) is 16.7. The fraction of sp³-hybridized carbons (Fsp3) is 0.389. The summed E-state index contributed by atoms with van der Waals surface area (Å²) in [5.41, 5.74) is 1.86. The van der Waals surface area contributed by atoms with Crippen molar-refractivity contribution in [2.75, 3.05) is 29.9 Å². The Kier molecular flexibility index (Phi) is 5.71. The quantitative estimate of drug-likeness (QED) is 0.601. The average molecular weight is 443 g/mol. The van der Waals surface area contributed by atoms with Crippen LogP contribution in [-0.4, -0.2) is 51.0 Å². The molecule has 1 aliphatic heterocycles. The van der Waals surface area contributed by atoms with Crippen molar-refractivity contribution in [3.63, 3.8) is 0 Å². The van der Waals surface area contributed by atoms with E-state index in [1.807, 2.05) is 6.07 Å². The highest BCUT2D eigenvalue weighted by Gasteiger charge is 2.24. The number of halogens is 4. The van der Waals surface area contributed by atoms with Gasteiger partial charge in [-0.15, -0.1) is 0 Å². The molecule has 4 rings (SSSR count). The minimum Gasteiger partial charge on any atom is -0.396 e. The molecular formula is C18H18Cl2F2N6O. The van der Waals surface area contributed by atoms with Gasteiger partial charge in [0.05, 0.1) is 28.1 Å². The molecule has 11 heteroatoms. The summed E-state index contributed by atoms with van der Waals surface area (Å²) < 4.78 is 26.1. The highest BCUT2D eigenvalue weighted by atomic mass is 35.5. The first-order valence-electron chi connectivity index (χ1n) is 9.03. The lowest BCUT2D eigenvalue weighted by Gasteiger charge is -2.20. The molecule has 2 N–H and O–H groups in total.